The molecule has 2 N–H and O–H groups in total. The third kappa shape index (κ3) is 5.06. The standard InChI is InChI=1S/C27H24ClN5OS/c28-19-8-6-11-21(18-19)32-16-7-13-23(32)26-25(22-12-4-5-15-29-22)31-27(35)33(26)17-14-24(34)30-20-9-2-1-3-10-20/h1-13,15-16,18,25-26H,14,17H2,(H,30,34)(H,31,35)/t25-,26-/m0/s1. The monoisotopic (exact) mass is 501 g/mol. The Morgan fingerprint density at radius 2 is 1.86 bits per heavy atom. The van der Waals surface area contributed by atoms with Gasteiger partial charge in [-0.05, 0) is 66.8 Å². The van der Waals surface area contributed by atoms with Gasteiger partial charge in [0.1, 0.15) is 0 Å². The van der Waals surface area contributed by atoms with Crippen LogP contribution in [0.3, 0.4) is 0 Å². The first-order valence-electron chi connectivity index (χ1n) is 11.4. The summed E-state index contributed by atoms with van der Waals surface area (Å²) < 4.78 is 2.11. The van der Waals surface area contributed by atoms with Gasteiger partial charge >= 0.3 is 0 Å². The van der Waals surface area contributed by atoms with Crippen LogP contribution in [0.15, 0.2) is 97.3 Å². The highest BCUT2D eigenvalue weighted by atomic mass is 35.5. The second-order valence-corrected chi connectivity index (χ2v) is 9.09. The first-order chi connectivity index (χ1) is 17.1. The molecule has 8 heteroatoms. The first kappa shape index (κ1) is 23.1. The lowest BCUT2D eigenvalue weighted by molar-refractivity contribution is -0.116. The highest BCUT2D eigenvalue weighted by molar-refractivity contribution is 7.80. The molecule has 1 aliphatic heterocycles. The maximum absolute atomic E-state index is 12.7. The lowest BCUT2D eigenvalue weighted by atomic mass is 10.0. The number of amides is 1. The molecule has 1 aliphatic rings. The molecular weight excluding hydrogens is 478 g/mol. The Morgan fingerprint density at radius 1 is 1.03 bits per heavy atom. The minimum absolute atomic E-state index is 0.0655. The number of nitrogens with one attached hydrogen (secondary N) is 2. The van der Waals surface area contributed by atoms with Crippen molar-refractivity contribution < 1.29 is 4.79 Å². The topological polar surface area (TPSA) is 62.2 Å². The van der Waals surface area contributed by atoms with Gasteiger partial charge in [-0.25, -0.2) is 0 Å². The van der Waals surface area contributed by atoms with E-state index in [1.165, 1.54) is 0 Å². The third-order valence-electron chi connectivity index (χ3n) is 6.00. The first-order valence-corrected chi connectivity index (χ1v) is 12.1. The fourth-order valence-corrected chi connectivity index (χ4v) is 4.95. The number of para-hydroxylation sites is 1. The summed E-state index contributed by atoms with van der Waals surface area (Å²) in [5.74, 6) is -0.0655. The maximum Gasteiger partial charge on any atom is 0.226 e. The maximum atomic E-state index is 12.7. The summed E-state index contributed by atoms with van der Waals surface area (Å²) >= 11 is 12.0. The number of thiocarbonyl (C=S) groups is 1. The van der Waals surface area contributed by atoms with Crippen LogP contribution in [-0.2, 0) is 4.79 Å². The lowest BCUT2D eigenvalue weighted by Gasteiger charge is -2.29. The summed E-state index contributed by atoms with van der Waals surface area (Å²) in [6.45, 7) is 0.458. The van der Waals surface area contributed by atoms with Crippen LogP contribution >= 0.6 is 23.8 Å². The zero-order chi connectivity index (χ0) is 24.2. The van der Waals surface area contributed by atoms with Crippen molar-refractivity contribution in [2.24, 2.45) is 0 Å². The summed E-state index contributed by atoms with van der Waals surface area (Å²) in [4.78, 5) is 19.4. The number of hydrogen-bond acceptors (Lipinski definition) is 3. The number of nitrogens with zero attached hydrogens (tertiary/aromatic N) is 3. The van der Waals surface area contributed by atoms with Crippen LogP contribution in [0.25, 0.3) is 5.69 Å². The molecule has 0 spiro atoms. The molecular formula is C27H24ClN5OS. The van der Waals surface area contributed by atoms with E-state index in [1.54, 1.807) is 6.20 Å². The SMILES string of the molecule is O=C(CCN1C(=S)N[C@@H](c2ccccn2)[C@@H]1c1cccn1-c1cccc(Cl)c1)Nc1ccccc1. The number of pyridine rings is 1. The molecule has 176 valence electrons. The molecule has 1 amide bonds. The van der Waals surface area contributed by atoms with Crippen LogP contribution in [-0.4, -0.2) is 32.0 Å². The van der Waals surface area contributed by atoms with Gasteiger partial charge in [-0.15, -0.1) is 0 Å². The van der Waals surface area contributed by atoms with Gasteiger partial charge < -0.3 is 20.1 Å². The zero-order valence-electron chi connectivity index (χ0n) is 18.8. The molecule has 3 heterocycles. The normalized spacial score (nSPS) is 17.3. The van der Waals surface area contributed by atoms with E-state index < -0.39 is 0 Å². The Morgan fingerprint density at radius 3 is 2.63 bits per heavy atom. The molecule has 0 bridgehead atoms. The molecule has 5 rings (SSSR count). The summed E-state index contributed by atoms with van der Waals surface area (Å²) in [6.07, 6.45) is 4.08. The fraction of sp³-hybridized carbons (Fsp3) is 0.148. The van der Waals surface area contributed by atoms with Crippen LogP contribution in [0.1, 0.15) is 29.9 Å². The van der Waals surface area contributed by atoms with E-state index >= 15 is 0 Å². The minimum atomic E-state index is -0.172. The minimum Gasteiger partial charge on any atom is -0.352 e. The van der Waals surface area contributed by atoms with Crippen molar-refractivity contribution in [2.45, 2.75) is 18.5 Å². The molecule has 2 aromatic carbocycles. The van der Waals surface area contributed by atoms with Crippen LogP contribution in [0, 0.1) is 0 Å². The summed E-state index contributed by atoms with van der Waals surface area (Å²) in [6, 6.07) is 26.8. The molecule has 0 saturated carbocycles. The summed E-state index contributed by atoms with van der Waals surface area (Å²) in [5, 5.41) is 7.66. The second kappa shape index (κ2) is 10.3. The number of aromatic nitrogens is 2. The number of benzene rings is 2. The van der Waals surface area contributed by atoms with Crippen molar-refractivity contribution in [2.75, 3.05) is 11.9 Å². The van der Waals surface area contributed by atoms with Gasteiger partial charge in [-0.3, -0.25) is 9.78 Å². The molecule has 35 heavy (non-hydrogen) atoms. The number of halogens is 1. The van der Waals surface area contributed by atoms with E-state index in [0.717, 1.165) is 22.8 Å². The highest BCUT2D eigenvalue weighted by Gasteiger charge is 2.41. The van der Waals surface area contributed by atoms with Crippen molar-refractivity contribution >= 4 is 40.5 Å². The van der Waals surface area contributed by atoms with Crippen LogP contribution in [0.4, 0.5) is 5.69 Å². The van der Waals surface area contributed by atoms with Crippen molar-refractivity contribution in [1.29, 1.82) is 0 Å². The largest absolute Gasteiger partial charge is 0.352 e. The number of carbonyl (C=O) groups excluding carboxylic acids is 1. The van der Waals surface area contributed by atoms with E-state index in [-0.39, 0.29) is 18.0 Å². The van der Waals surface area contributed by atoms with Crippen LogP contribution in [0.5, 0.6) is 0 Å². The van der Waals surface area contributed by atoms with Gasteiger partial charge in [0.15, 0.2) is 5.11 Å². The van der Waals surface area contributed by atoms with E-state index in [2.05, 4.69) is 31.2 Å². The molecule has 0 aliphatic carbocycles. The van der Waals surface area contributed by atoms with E-state index in [0.29, 0.717) is 23.1 Å². The van der Waals surface area contributed by atoms with Crippen LogP contribution < -0.4 is 10.6 Å². The highest BCUT2D eigenvalue weighted by Crippen LogP contribution is 2.39. The molecule has 2 atom stereocenters. The lowest BCUT2D eigenvalue weighted by Crippen LogP contribution is -2.33. The number of hydrogen-bond donors (Lipinski definition) is 2. The molecule has 1 fully saturated rings. The van der Waals surface area contributed by atoms with Gasteiger partial charge in [-0.1, -0.05) is 41.9 Å². The van der Waals surface area contributed by atoms with Crippen molar-refractivity contribution in [3.63, 3.8) is 0 Å². The van der Waals surface area contributed by atoms with Gasteiger partial charge in [0, 0.05) is 47.5 Å². The van der Waals surface area contributed by atoms with Gasteiger partial charge in [0.2, 0.25) is 5.91 Å². The van der Waals surface area contributed by atoms with Gasteiger partial charge in [-0.2, -0.15) is 0 Å². The Kier molecular flexibility index (Phi) is 6.79. The van der Waals surface area contributed by atoms with Crippen LogP contribution in [0.2, 0.25) is 5.02 Å². The third-order valence-corrected chi connectivity index (χ3v) is 6.59. The Labute approximate surface area is 214 Å². The van der Waals surface area contributed by atoms with E-state index in [9.17, 15) is 4.79 Å². The van der Waals surface area contributed by atoms with Gasteiger partial charge in [0.25, 0.3) is 0 Å². The number of rotatable bonds is 7. The molecule has 2 aromatic heterocycles. The fourth-order valence-electron chi connectivity index (χ4n) is 4.43. The van der Waals surface area contributed by atoms with E-state index in [4.69, 9.17) is 23.8 Å². The Bertz CT molecular complexity index is 1330. The molecule has 1 saturated heterocycles. The average Bonchev–Trinajstić information content (AvgIpc) is 3.48. The van der Waals surface area contributed by atoms with Gasteiger partial charge in [0.05, 0.1) is 17.8 Å². The summed E-state index contributed by atoms with van der Waals surface area (Å²) in [7, 11) is 0. The van der Waals surface area contributed by atoms with Crippen molar-refractivity contribution in [1.82, 2.24) is 19.8 Å². The van der Waals surface area contributed by atoms with Crippen molar-refractivity contribution in [3.8, 4) is 5.69 Å². The second-order valence-electron chi connectivity index (χ2n) is 8.27. The zero-order valence-corrected chi connectivity index (χ0v) is 20.4. The Balaban J connectivity index is 1.45. The molecule has 0 unspecified atom stereocenters. The molecule has 0 radical (unpaired) electrons. The smallest absolute Gasteiger partial charge is 0.226 e. The molecule has 6 nitrogen and oxygen atoms in total. The predicted molar refractivity (Wildman–Crippen MR) is 143 cm³/mol. The van der Waals surface area contributed by atoms with Crippen molar-refractivity contribution in [3.05, 3.63) is 114 Å². The Hall–Kier alpha value is -3.68. The summed E-state index contributed by atoms with van der Waals surface area (Å²) in [5.41, 5.74) is 3.64. The van der Waals surface area contributed by atoms with E-state index in [1.807, 2.05) is 85.1 Å². The predicted octanol–water partition coefficient (Wildman–Crippen LogP) is 5.53. The molecule has 4 aromatic rings. The number of anilines is 1. The average molecular weight is 502 g/mol. The quantitative estimate of drug-likeness (QED) is 0.326. The number of carbonyl (C=O) groups is 1.